The second kappa shape index (κ2) is 6.58. The Hall–Kier alpha value is -0.0800. The number of likely N-dealkylation sites (tertiary alicyclic amines) is 1. The third-order valence-corrected chi connectivity index (χ3v) is 5.65. The lowest BCUT2D eigenvalue weighted by atomic mass is 9.75. The van der Waals surface area contributed by atoms with Gasteiger partial charge >= 0.3 is 0 Å². The van der Waals surface area contributed by atoms with Crippen LogP contribution in [0.3, 0.4) is 0 Å². The molecule has 1 aliphatic heterocycles. The predicted octanol–water partition coefficient (Wildman–Crippen LogP) is 3.65. The molecule has 112 valence electrons. The second-order valence-corrected chi connectivity index (χ2v) is 7.88. The molecule has 1 aliphatic carbocycles. The topological polar surface area (TPSA) is 29.3 Å². The lowest BCUT2D eigenvalue weighted by Crippen LogP contribution is -2.48. The highest BCUT2D eigenvalue weighted by atomic mass is 15.2. The molecule has 0 aromatic carbocycles. The van der Waals surface area contributed by atoms with Gasteiger partial charge in [-0.1, -0.05) is 40.0 Å². The van der Waals surface area contributed by atoms with Gasteiger partial charge in [-0.15, -0.1) is 0 Å². The van der Waals surface area contributed by atoms with E-state index in [4.69, 9.17) is 5.73 Å². The van der Waals surface area contributed by atoms with Gasteiger partial charge < -0.3 is 10.6 Å². The summed E-state index contributed by atoms with van der Waals surface area (Å²) >= 11 is 0. The first kappa shape index (κ1) is 15.3. The summed E-state index contributed by atoms with van der Waals surface area (Å²) in [5, 5.41) is 0. The van der Waals surface area contributed by atoms with E-state index in [1.54, 1.807) is 0 Å². The van der Waals surface area contributed by atoms with Crippen molar-refractivity contribution < 1.29 is 0 Å². The summed E-state index contributed by atoms with van der Waals surface area (Å²) in [5.41, 5.74) is 6.53. The molecule has 2 unspecified atom stereocenters. The molecule has 19 heavy (non-hydrogen) atoms. The molecule has 1 saturated heterocycles. The van der Waals surface area contributed by atoms with Crippen LogP contribution < -0.4 is 5.73 Å². The fourth-order valence-electron chi connectivity index (χ4n) is 4.22. The van der Waals surface area contributed by atoms with Crippen LogP contribution in [0.15, 0.2) is 0 Å². The minimum Gasteiger partial charge on any atom is -0.330 e. The van der Waals surface area contributed by atoms with Crippen LogP contribution in [0.1, 0.15) is 65.7 Å². The Balaban J connectivity index is 1.91. The molecule has 1 saturated carbocycles. The first-order valence-electron chi connectivity index (χ1n) is 8.46. The van der Waals surface area contributed by atoms with E-state index in [-0.39, 0.29) is 0 Å². The molecule has 2 rings (SSSR count). The number of hydrogen-bond acceptors (Lipinski definition) is 2. The predicted molar refractivity (Wildman–Crippen MR) is 83.2 cm³/mol. The molecular formula is C17H34N2. The molecule has 2 fully saturated rings. The van der Waals surface area contributed by atoms with E-state index in [1.165, 1.54) is 58.0 Å². The van der Waals surface area contributed by atoms with Gasteiger partial charge in [-0.05, 0) is 62.6 Å². The zero-order valence-electron chi connectivity index (χ0n) is 13.3. The van der Waals surface area contributed by atoms with Gasteiger partial charge in [-0.25, -0.2) is 0 Å². The molecule has 0 aromatic rings. The molecule has 2 heteroatoms. The summed E-state index contributed by atoms with van der Waals surface area (Å²) in [4.78, 5) is 2.78. The maximum atomic E-state index is 6.04. The SMILES string of the molecule is CC(C)(C)C1CCN(C2CCCCCC2CN)CC1. The Kier molecular flexibility index (Phi) is 5.30. The van der Waals surface area contributed by atoms with Gasteiger partial charge in [0.15, 0.2) is 0 Å². The van der Waals surface area contributed by atoms with Crippen molar-refractivity contribution in [2.45, 2.75) is 71.8 Å². The van der Waals surface area contributed by atoms with Crippen LogP contribution in [0, 0.1) is 17.3 Å². The summed E-state index contributed by atoms with van der Waals surface area (Å²) in [7, 11) is 0. The molecule has 0 bridgehead atoms. The zero-order valence-corrected chi connectivity index (χ0v) is 13.3. The Morgan fingerprint density at radius 2 is 1.58 bits per heavy atom. The lowest BCUT2D eigenvalue weighted by Gasteiger charge is -2.43. The highest BCUT2D eigenvalue weighted by Crippen LogP contribution is 2.36. The molecule has 2 atom stereocenters. The molecular weight excluding hydrogens is 232 g/mol. The molecule has 1 heterocycles. The smallest absolute Gasteiger partial charge is 0.0136 e. The highest BCUT2D eigenvalue weighted by molar-refractivity contribution is 4.87. The Morgan fingerprint density at radius 3 is 2.16 bits per heavy atom. The van der Waals surface area contributed by atoms with Crippen LogP contribution in [0.5, 0.6) is 0 Å². The Bertz CT molecular complexity index is 261. The van der Waals surface area contributed by atoms with Crippen molar-refractivity contribution in [2.75, 3.05) is 19.6 Å². The Morgan fingerprint density at radius 1 is 0.947 bits per heavy atom. The van der Waals surface area contributed by atoms with Gasteiger partial charge in [0.05, 0.1) is 0 Å². The molecule has 0 aromatic heterocycles. The standard InChI is InChI=1S/C17H34N2/c1-17(2,3)15-9-11-19(12-10-15)16-8-6-4-5-7-14(16)13-18/h14-16H,4-13,18H2,1-3H3. The quantitative estimate of drug-likeness (QED) is 0.773. The fourth-order valence-corrected chi connectivity index (χ4v) is 4.22. The van der Waals surface area contributed by atoms with Crippen LogP contribution in [-0.4, -0.2) is 30.6 Å². The van der Waals surface area contributed by atoms with Crippen molar-refractivity contribution in [1.82, 2.24) is 4.90 Å². The van der Waals surface area contributed by atoms with Gasteiger partial charge in [-0.2, -0.15) is 0 Å². The van der Waals surface area contributed by atoms with Crippen molar-refractivity contribution >= 4 is 0 Å². The van der Waals surface area contributed by atoms with E-state index < -0.39 is 0 Å². The van der Waals surface area contributed by atoms with Gasteiger partial charge in [0, 0.05) is 6.04 Å². The summed E-state index contributed by atoms with van der Waals surface area (Å²) < 4.78 is 0. The van der Waals surface area contributed by atoms with Crippen LogP contribution in [-0.2, 0) is 0 Å². The summed E-state index contributed by atoms with van der Waals surface area (Å²) in [5.74, 6) is 1.67. The third kappa shape index (κ3) is 3.95. The minimum atomic E-state index is 0.489. The highest BCUT2D eigenvalue weighted by Gasteiger charge is 2.34. The number of rotatable bonds is 2. The lowest BCUT2D eigenvalue weighted by molar-refractivity contribution is 0.0580. The van der Waals surface area contributed by atoms with Gasteiger partial charge in [0.2, 0.25) is 0 Å². The fraction of sp³-hybridized carbons (Fsp3) is 1.00. The van der Waals surface area contributed by atoms with Crippen molar-refractivity contribution in [3.05, 3.63) is 0 Å². The van der Waals surface area contributed by atoms with E-state index >= 15 is 0 Å². The number of piperidine rings is 1. The van der Waals surface area contributed by atoms with Crippen molar-refractivity contribution in [3.8, 4) is 0 Å². The van der Waals surface area contributed by atoms with Crippen molar-refractivity contribution in [2.24, 2.45) is 23.0 Å². The van der Waals surface area contributed by atoms with Crippen molar-refractivity contribution in [1.29, 1.82) is 0 Å². The Labute approximate surface area is 120 Å². The third-order valence-electron chi connectivity index (χ3n) is 5.65. The number of nitrogens with two attached hydrogens (primary N) is 1. The largest absolute Gasteiger partial charge is 0.330 e. The van der Waals surface area contributed by atoms with E-state index in [2.05, 4.69) is 25.7 Å². The van der Waals surface area contributed by atoms with Gasteiger partial charge in [0.25, 0.3) is 0 Å². The maximum absolute atomic E-state index is 6.04. The molecule has 0 amide bonds. The molecule has 0 spiro atoms. The van der Waals surface area contributed by atoms with Crippen LogP contribution in [0.2, 0.25) is 0 Å². The van der Waals surface area contributed by atoms with Crippen LogP contribution in [0.25, 0.3) is 0 Å². The number of hydrogen-bond donors (Lipinski definition) is 1. The number of nitrogens with zero attached hydrogens (tertiary/aromatic N) is 1. The van der Waals surface area contributed by atoms with E-state index in [0.717, 1.165) is 24.4 Å². The monoisotopic (exact) mass is 266 g/mol. The molecule has 2 nitrogen and oxygen atoms in total. The summed E-state index contributed by atoms with van der Waals surface area (Å²) in [6.07, 6.45) is 9.76. The normalized spacial score (nSPS) is 32.2. The minimum absolute atomic E-state index is 0.489. The van der Waals surface area contributed by atoms with Gasteiger partial charge in [0.1, 0.15) is 0 Å². The molecule has 2 aliphatic rings. The van der Waals surface area contributed by atoms with Gasteiger partial charge in [-0.3, -0.25) is 0 Å². The zero-order chi connectivity index (χ0) is 13.9. The van der Waals surface area contributed by atoms with Crippen LogP contribution >= 0.6 is 0 Å². The summed E-state index contributed by atoms with van der Waals surface area (Å²) in [6, 6.07) is 0.786. The molecule has 2 N–H and O–H groups in total. The first-order chi connectivity index (χ1) is 9.02. The van der Waals surface area contributed by atoms with E-state index in [0.29, 0.717) is 5.41 Å². The van der Waals surface area contributed by atoms with Crippen molar-refractivity contribution in [3.63, 3.8) is 0 Å². The van der Waals surface area contributed by atoms with E-state index in [1.807, 2.05) is 0 Å². The second-order valence-electron chi connectivity index (χ2n) is 7.88. The average molecular weight is 266 g/mol. The first-order valence-corrected chi connectivity index (χ1v) is 8.46. The average Bonchev–Trinajstić information content (AvgIpc) is 2.62. The van der Waals surface area contributed by atoms with E-state index in [9.17, 15) is 0 Å². The molecule has 0 radical (unpaired) electrons. The maximum Gasteiger partial charge on any atom is 0.0136 e. The summed E-state index contributed by atoms with van der Waals surface area (Å²) in [6.45, 7) is 10.7. The van der Waals surface area contributed by atoms with Crippen LogP contribution in [0.4, 0.5) is 0 Å².